The summed E-state index contributed by atoms with van der Waals surface area (Å²) in [4.78, 5) is 0. The van der Waals surface area contributed by atoms with Crippen molar-refractivity contribution in [2.75, 3.05) is 13.2 Å². The SMILES string of the molecule is C=CCCCNC(C)COc1ccc(C)cc1. The summed E-state index contributed by atoms with van der Waals surface area (Å²) in [6, 6.07) is 8.54. The highest BCUT2D eigenvalue weighted by Gasteiger charge is 2.01. The molecule has 0 amide bonds. The van der Waals surface area contributed by atoms with Gasteiger partial charge in [-0.15, -0.1) is 6.58 Å². The molecule has 0 aliphatic carbocycles. The van der Waals surface area contributed by atoms with Crippen LogP contribution >= 0.6 is 0 Å². The first-order valence-electron chi connectivity index (χ1n) is 6.26. The first kappa shape index (κ1) is 13.8. The van der Waals surface area contributed by atoms with Crippen molar-refractivity contribution in [3.8, 4) is 5.75 Å². The molecule has 0 fully saturated rings. The van der Waals surface area contributed by atoms with Crippen LogP contribution in [0.25, 0.3) is 0 Å². The molecular formula is C15H23NO. The zero-order chi connectivity index (χ0) is 12.5. The third-order valence-corrected chi connectivity index (χ3v) is 2.60. The van der Waals surface area contributed by atoms with Crippen LogP contribution in [0.15, 0.2) is 36.9 Å². The lowest BCUT2D eigenvalue weighted by atomic mass is 10.2. The van der Waals surface area contributed by atoms with Gasteiger partial charge in [0, 0.05) is 6.04 Å². The van der Waals surface area contributed by atoms with Crippen LogP contribution in [0.1, 0.15) is 25.3 Å². The number of aryl methyl sites for hydroxylation is 1. The van der Waals surface area contributed by atoms with Gasteiger partial charge in [0.05, 0.1) is 0 Å². The molecule has 2 heteroatoms. The van der Waals surface area contributed by atoms with Crippen LogP contribution in [0, 0.1) is 6.92 Å². The number of allylic oxidation sites excluding steroid dienone is 1. The second-order valence-corrected chi connectivity index (χ2v) is 4.41. The molecule has 1 unspecified atom stereocenters. The quantitative estimate of drug-likeness (QED) is 0.549. The minimum Gasteiger partial charge on any atom is -0.492 e. The lowest BCUT2D eigenvalue weighted by molar-refractivity contribution is 0.273. The summed E-state index contributed by atoms with van der Waals surface area (Å²) in [7, 11) is 0. The Balaban J connectivity index is 2.16. The third kappa shape index (κ3) is 6.12. The maximum atomic E-state index is 5.70. The van der Waals surface area contributed by atoms with Crippen molar-refractivity contribution in [3.05, 3.63) is 42.5 Å². The largest absolute Gasteiger partial charge is 0.492 e. The van der Waals surface area contributed by atoms with Gasteiger partial charge in [-0.1, -0.05) is 23.8 Å². The highest BCUT2D eigenvalue weighted by atomic mass is 16.5. The van der Waals surface area contributed by atoms with Crippen molar-refractivity contribution >= 4 is 0 Å². The molecule has 1 rings (SSSR count). The Kier molecular flexibility index (Phi) is 6.41. The van der Waals surface area contributed by atoms with Gasteiger partial charge in [-0.2, -0.15) is 0 Å². The number of benzene rings is 1. The van der Waals surface area contributed by atoms with E-state index < -0.39 is 0 Å². The van der Waals surface area contributed by atoms with Crippen LogP contribution in [0.5, 0.6) is 5.75 Å². The van der Waals surface area contributed by atoms with Gasteiger partial charge >= 0.3 is 0 Å². The lowest BCUT2D eigenvalue weighted by Gasteiger charge is -2.14. The first-order chi connectivity index (χ1) is 8.22. The summed E-state index contributed by atoms with van der Waals surface area (Å²) in [5.41, 5.74) is 1.26. The van der Waals surface area contributed by atoms with Crippen LogP contribution in [-0.2, 0) is 0 Å². The van der Waals surface area contributed by atoms with E-state index in [9.17, 15) is 0 Å². The van der Waals surface area contributed by atoms with E-state index in [2.05, 4.69) is 37.9 Å². The summed E-state index contributed by atoms with van der Waals surface area (Å²) in [6.07, 6.45) is 4.16. The highest BCUT2D eigenvalue weighted by molar-refractivity contribution is 5.26. The van der Waals surface area contributed by atoms with Crippen LogP contribution < -0.4 is 10.1 Å². The smallest absolute Gasteiger partial charge is 0.119 e. The molecule has 17 heavy (non-hydrogen) atoms. The summed E-state index contributed by atoms with van der Waals surface area (Å²) in [5, 5.41) is 3.43. The lowest BCUT2D eigenvalue weighted by Crippen LogP contribution is -2.32. The van der Waals surface area contributed by atoms with Gasteiger partial charge < -0.3 is 10.1 Å². The molecule has 1 aromatic rings. The van der Waals surface area contributed by atoms with Crippen LogP contribution in [0.2, 0.25) is 0 Å². The average Bonchev–Trinajstić information content (AvgIpc) is 2.34. The fourth-order valence-electron chi connectivity index (χ4n) is 1.51. The number of hydrogen-bond donors (Lipinski definition) is 1. The van der Waals surface area contributed by atoms with E-state index in [-0.39, 0.29) is 0 Å². The molecule has 0 heterocycles. The van der Waals surface area contributed by atoms with Crippen LogP contribution in [0.4, 0.5) is 0 Å². The van der Waals surface area contributed by atoms with E-state index in [0.29, 0.717) is 12.6 Å². The molecular weight excluding hydrogens is 210 g/mol. The van der Waals surface area contributed by atoms with E-state index in [0.717, 1.165) is 25.1 Å². The van der Waals surface area contributed by atoms with Crippen molar-refractivity contribution < 1.29 is 4.74 Å². The number of hydrogen-bond acceptors (Lipinski definition) is 2. The number of nitrogens with one attached hydrogen (secondary N) is 1. The number of rotatable bonds is 8. The molecule has 0 aliphatic rings. The molecule has 0 saturated heterocycles. The van der Waals surface area contributed by atoms with Crippen LogP contribution in [0.3, 0.4) is 0 Å². The summed E-state index contributed by atoms with van der Waals surface area (Å²) in [6.45, 7) is 9.65. The predicted molar refractivity (Wildman–Crippen MR) is 73.6 cm³/mol. The van der Waals surface area contributed by atoms with Gasteiger partial charge in [-0.05, 0) is 45.4 Å². The molecule has 1 aromatic carbocycles. The number of unbranched alkanes of at least 4 members (excludes halogenated alkanes) is 1. The molecule has 0 aliphatic heterocycles. The normalized spacial score (nSPS) is 12.1. The highest BCUT2D eigenvalue weighted by Crippen LogP contribution is 2.11. The third-order valence-electron chi connectivity index (χ3n) is 2.60. The van der Waals surface area contributed by atoms with E-state index in [4.69, 9.17) is 4.74 Å². The van der Waals surface area contributed by atoms with Crippen molar-refractivity contribution in [2.24, 2.45) is 0 Å². The topological polar surface area (TPSA) is 21.3 Å². The van der Waals surface area contributed by atoms with Gasteiger partial charge in [-0.3, -0.25) is 0 Å². The van der Waals surface area contributed by atoms with E-state index in [1.807, 2.05) is 18.2 Å². The summed E-state index contributed by atoms with van der Waals surface area (Å²) in [5.74, 6) is 0.940. The Morgan fingerprint density at radius 3 is 2.71 bits per heavy atom. The van der Waals surface area contributed by atoms with Crippen molar-refractivity contribution in [1.29, 1.82) is 0 Å². The Morgan fingerprint density at radius 1 is 1.35 bits per heavy atom. The van der Waals surface area contributed by atoms with Crippen molar-refractivity contribution in [3.63, 3.8) is 0 Å². The average molecular weight is 233 g/mol. The zero-order valence-electron chi connectivity index (χ0n) is 10.9. The fourth-order valence-corrected chi connectivity index (χ4v) is 1.51. The van der Waals surface area contributed by atoms with Gasteiger partial charge in [0.2, 0.25) is 0 Å². The van der Waals surface area contributed by atoms with Gasteiger partial charge in [-0.25, -0.2) is 0 Å². The fraction of sp³-hybridized carbons (Fsp3) is 0.467. The zero-order valence-corrected chi connectivity index (χ0v) is 10.9. The molecule has 2 nitrogen and oxygen atoms in total. The molecule has 1 N–H and O–H groups in total. The molecule has 0 bridgehead atoms. The maximum Gasteiger partial charge on any atom is 0.119 e. The van der Waals surface area contributed by atoms with E-state index in [1.54, 1.807) is 0 Å². The Labute approximate surface area is 105 Å². The summed E-state index contributed by atoms with van der Waals surface area (Å²) >= 11 is 0. The second kappa shape index (κ2) is 7.91. The molecule has 0 spiro atoms. The van der Waals surface area contributed by atoms with Crippen molar-refractivity contribution in [2.45, 2.75) is 32.7 Å². The molecule has 1 atom stereocenters. The minimum atomic E-state index is 0.376. The molecule has 0 radical (unpaired) electrons. The minimum absolute atomic E-state index is 0.376. The Bertz CT molecular complexity index is 318. The Hall–Kier alpha value is -1.28. The first-order valence-corrected chi connectivity index (χ1v) is 6.26. The van der Waals surface area contributed by atoms with Gasteiger partial charge in [0.15, 0.2) is 0 Å². The van der Waals surface area contributed by atoms with E-state index in [1.165, 1.54) is 5.56 Å². The monoisotopic (exact) mass is 233 g/mol. The van der Waals surface area contributed by atoms with E-state index >= 15 is 0 Å². The van der Waals surface area contributed by atoms with Gasteiger partial charge in [0.25, 0.3) is 0 Å². The molecule has 0 saturated carbocycles. The molecule has 0 aromatic heterocycles. The predicted octanol–water partition coefficient (Wildman–Crippen LogP) is 3.32. The standard InChI is InChI=1S/C15H23NO/c1-4-5-6-11-16-14(3)12-17-15-9-7-13(2)8-10-15/h4,7-10,14,16H,1,5-6,11-12H2,2-3H3. The van der Waals surface area contributed by atoms with Gasteiger partial charge in [0.1, 0.15) is 12.4 Å². The van der Waals surface area contributed by atoms with Crippen LogP contribution in [-0.4, -0.2) is 19.2 Å². The second-order valence-electron chi connectivity index (χ2n) is 4.41. The van der Waals surface area contributed by atoms with Crippen molar-refractivity contribution in [1.82, 2.24) is 5.32 Å². The Morgan fingerprint density at radius 2 is 2.06 bits per heavy atom. The maximum absolute atomic E-state index is 5.70. The molecule has 94 valence electrons. The number of ether oxygens (including phenoxy) is 1. The summed E-state index contributed by atoms with van der Waals surface area (Å²) < 4.78 is 5.70.